The van der Waals surface area contributed by atoms with Crippen LogP contribution in [0.25, 0.3) is 0 Å². The Morgan fingerprint density at radius 3 is 1.20 bits per heavy atom. The summed E-state index contributed by atoms with van der Waals surface area (Å²) in [7, 11) is 0. The number of ether oxygens (including phenoxy) is 2. The summed E-state index contributed by atoms with van der Waals surface area (Å²) in [5.74, 6) is 0.355. The first-order valence-corrected chi connectivity index (χ1v) is 25.1. The molecule has 1 aliphatic heterocycles. The maximum Gasteiger partial charge on any atom is 0.308 e. The third kappa shape index (κ3) is 26.5. The summed E-state index contributed by atoms with van der Waals surface area (Å²) in [5, 5.41) is 0. The van der Waals surface area contributed by atoms with E-state index in [9.17, 15) is 9.59 Å². The van der Waals surface area contributed by atoms with Crippen molar-refractivity contribution in [3.63, 3.8) is 0 Å². The molecule has 1 aliphatic rings. The van der Waals surface area contributed by atoms with E-state index in [1.165, 1.54) is 167 Å². The number of hydrogen-bond acceptors (Lipinski definition) is 5. The fraction of sp³-hybridized carbons (Fsp3) is 0.960. The molecule has 0 amide bonds. The number of esters is 2. The molecule has 1 rings (SSSR count). The molecule has 55 heavy (non-hydrogen) atoms. The summed E-state index contributed by atoms with van der Waals surface area (Å²) in [6.45, 7) is 15.0. The van der Waals surface area contributed by atoms with Gasteiger partial charge in [-0.2, -0.15) is 0 Å². The lowest BCUT2D eigenvalue weighted by Crippen LogP contribution is -2.44. The number of carbonyl (C=O) groups excluding carboxylic acids is 2. The molecule has 0 N–H and O–H groups in total. The molecule has 2 atom stereocenters. The fourth-order valence-corrected chi connectivity index (χ4v) is 9.17. The SMILES string of the molecule is CCCCCCCCC(CCCCCC)C(=O)OCCCCCC1(CCCCCOC(=O)C(CCCCCC)CCCCCCCC)CCCN1CCCC. The number of hydrogen-bond donors (Lipinski definition) is 0. The smallest absolute Gasteiger partial charge is 0.308 e. The zero-order chi connectivity index (χ0) is 40.1. The summed E-state index contributed by atoms with van der Waals surface area (Å²) in [5.41, 5.74) is 0.323. The lowest BCUT2D eigenvalue weighted by molar-refractivity contribution is -0.150. The number of rotatable bonds is 41. The molecule has 326 valence electrons. The topological polar surface area (TPSA) is 55.8 Å². The predicted octanol–water partition coefficient (Wildman–Crippen LogP) is 15.5. The van der Waals surface area contributed by atoms with E-state index in [1.54, 1.807) is 0 Å². The first-order valence-electron chi connectivity index (χ1n) is 25.1. The highest BCUT2D eigenvalue weighted by molar-refractivity contribution is 5.72. The van der Waals surface area contributed by atoms with Gasteiger partial charge >= 0.3 is 11.9 Å². The van der Waals surface area contributed by atoms with Gasteiger partial charge in [0.2, 0.25) is 0 Å². The second-order valence-electron chi connectivity index (χ2n) is 17.8. The van der Waals surface area contributed by atoms with Crippen molar-refractivity contribution in [1.29, 1.82) is 0 Å². The van der Waals surface area contributed by atoms with Crippen LogP contribution in [0.1, 0.15) is 266 Å². The Hall–Kier alpha value is -1.10. The minimum Gasteiger partial charge on any atom is -0.465 e. The van der Waals surface area contributed by atoms with E-state index >= 15 is 0 Å². The molecular weight excluding hydrogens is 679 g/mol. The van der Waals surface area contributed by atoms with Gasteiger partial charge in [0, 0.05) is 5.54 Å². The number of likely N-dealkylation sites (tertiary alicyclic amines) is 1. The Labute approximate surface area is 344 Å². The standard InChI is InChI=1S/C50H97NO4/c1-6-11-16-20-22-28-37-46(35-26-18-13-8-3)48(52)54-44-32-24-30-39-50(41-34-43-51(50)42-15-10-5)40-31-25-33-45-55-49(53)47(36-27-19-14-9-4)38-29-23-21-17-12-7-2/h46-47H,6-45H2,1-5H3. The van der Waals surface area contributed by atoms with Crippen LogP contribution in [0.3, 0.4) is 0 Å². The molecule has 2 unspecified atom stereocenters. The van der Waals surface area contributed by atoms with E-state index in [0.717, 1.165) is 77.0 Å². The van der Waals surface area contributed by atoms with Crippen LogP contribution < -0.4 is 0 Å². The average molecular weight is 776 g/mol. The third-order valence-corrected chi connectivity index (χ3v) is 12.9. The minimum absolute atomic E-state index is 0.0778. The van der Waals surface area contributed by atoms with Crippen molar-refractivity contribution in [1.82, 2.24) is 4.90 Å². The van der Waals surface area contributed by atoms with Crippen LogP contribution in [0.2, 0.25) is 0 Å². The van der Waals surface area contributed by atoms with Gasteiger partial charge < -0.3 is 9.47 Å². The summed E-state index contributed by atoms with van der Waals surface area (Å²) in [6, 6.07) is 0. The average Bonchev–Trinajstić information content (AvgIpc) is 3.59. The number of unbranched alkanes of at least 4 members (excludes halogenated alkanes) is 21. The van der Waals surface area contributed by atoms with Crippen molar-refractivity contribution in [2.45, 2.75) is 271 Å². The van der Waals surface area contributed by atoms with Gasteiger partial charge in [0.25, 0.3) is 0 Å². The molecule has 0 aliphatic carbocycles. The Kier molecular flexibility index (Phi) is 35.1. The van der Waals surface area contributed by atoms with Crippen LogP contribution in [0.15, 0.2) is 0 Å². The van der Waals surface area contributed by atoms with Crippen molar-refractivity contribution in [3.05, 3.63) is 0 Å². The maximum atomic E-state index is 13.2. The Balaban J connectivity index is 2.52. The van der Waals surface area contributed by atoms with Crippen LogP contribution in [-0.4, -0.2) is 48.7 Å². The Bertz CT molecular complexity index is 805. The third-order valence-electron chi connectivity index (χ3n) is 12.9. The lowest BCUT2D eigenvalue weighted by Gasteiger charge is -2.39. The van der Waals surface area contributed by atoms with E-state index in [4.69, 9.17) is 9.47 Å². The summed E-state index contributed by atoms with van der Waals surface area (Å²) < 4.78 is 11.9. The second-order valence-corrected chi connectivity index (χ2v) is 17.8. The molecule has 0 aromatic carbocycles. The van der Waals surface area contributed by atoms with Crippen molar-refractivity contribution >= 4 is 11.9 Å². The molecule has 0 aromatic rings. The quantitative estimate of drug-likeness (QED) is 0.0457. The molecule has 5 nitrogen and oxygen atoms in total. The van der Waals surface area contributed by atoms with Crippen LogP contribution >= 0.6 is 0 Å². The zero-order valence-corrected chi connectivity index (χ0v) is 38.0. The molecule has 5 heteroatoms. The minimum atomic E-state index is 0.0778. The number of carbonyl (C=O) groups is 2. The van der Waals surface area contributed by atoms with Gasteiger partial charge in [-0.3, -0.25) is 14.5 Å². The van der Waals surface area contributed by atoms with Crippen molar-refractivity contribution in [2.24, 2.45) is 11.8 Å². The molecule has 1 heterocycles. The lowest BCUT2D eigenvalue weighted by atomic mass is 9.84. The van der Waals surface area contributed by atoms with Crippen LogP contribution in [0, 0.1) is 11.8 Å². The first-order chi connectivity index (χ1) is 27.0. The Morgan fingerprint density at radius 1 is 0.455 bits per heavy atom. The van der Waals surface area contributed by atoms with Gasteiger partial charge in [-0.15, -0.1) is 0 Å². The largest absolute Gasteiger partial charge is 0.465 e. The summed E-state index contributed by atoms with van der Waals surface area (Å²) in [4.78, 5) is 29.2. The molecule has 0 bridgehead atoms. The van der Waals surface area contributed by atoms with Gasteiger partial charge in [0.05, 0.1) is 25.0 Å². The molecule has 0 radical (unpaired) electrons. The van der Waals surface area contributed by atoms with Gasteiger partial charge in [-0.25, -0.2) is 0 Å². The van der Waals surface area contributed by atoms with E-state index in [1.807, 2.05) is 0 Å². The monoisotopic (exact) mass is 776 g/mol. The van der Waals surface area contributed by atoms with Gasteiger partial charge in [0.1, 0.15) is 0 Å². The fourth-order valence-electron chi connectivity index (χ4n) is 9.17. The highest BCUT2D eigenvalue weighted by atomic mass is 16.5. The molecule has 1 fully saturated rings. The van der Waals surface area contributed by atoms with Gasteiger partial charge in [0.15, 0.2) is 0 Å². The predicted molar refractivity (Wildman–Crippen MR) is 238 cm³/mol. The van der Waals surface area contributed by atoms with Gasteiger partial charge in [-0.1, -0.05) is 182 Å². The van der Waals surface area contributed by atoms with Crippen molar-refractivity contribution < 1.29 is 19.1 Å². The highest BCUT2D eigenvalue weighted by Gasteiger charge is 2.39. The molecule has 1 saturated heterocycles. The van der Waals surface area contributed by atoms with E-state index in [0.29, 0.717) is 18.8 Å². The molecule has 0 spiro atoms. The van der Waals surface area contributed by atoms with Gasteiger partial charge in [-0.05, 0) is 96.6 Å². The van der Waals surface area contributed by atoms with Crippen molar-refractivity contribution in [3.8, 4) is 0 Å². The normalized spacial score (nSPS) is 17.1. The summed E-state index contributed by atoms with van der Waals surface area (Å²) >= 11 is 0. The van der Waals surface area contributed by atoms with Crippen LogP contribution in [0.5, 0.6) is 0 Å². The van der Waals surface area contributed by atoms with Crippen molar-refractivity contribution in [2.75, 3.05) is 26.3 Å². The highest BCUT2D eigenvalue weighted by Crippen LogP contribution is 2.39. The first kappa shape index (κ1) is 51.9. The molecule has 0 saturated carbocycles. The van der Waals surface area contributed by atoms with Crippen LogP contribution in [-0.2, 0) is 19.1 Å². The molecular formula is C50H97NO4. The molecule has 0 aromatic heterocycles. The Morgan fingerprint density at radius 2 is 0.800 bits per heavy atom. The second kappa shape index (κ2) is 37.2. The van der Waals surface area contributed by atoms with E-state index in [-0.39, 0.29) is 23.8 Å². The maximum absolute atomic E-state index is 13.2. The van der Waals surface area contributed by atoms with E-state index in [2.05, 4.69) is 39.5 Å². The summed E-state index contributed by atoms with van der Waals surface area (Å²) in [6.07, 6.45) is 43.5. The number of nitrogens with zero attached hydrogens (tertiary/aromatic N) is 1. The van der Waals surface area contributed by atoms with Crippen LogP contribution in [0.4, 0.5) is 0 Å². The van der Waals surface area contributed by atoms with E-state index < -0.39 is 0 Å². The zero-order valence-electron chi connectivity index (χ0n) is 38.0.